The van der Waals surface area contributed by atoms with Crippen LogP contribution in [0.25, 0.3) is 5.65 Å². The van der Waals surface area contributed by atoms with Crippen molar-refractivity contribution in [2.75, 3.05) is 19.9 Å². The van der Waals surface area contributed by atoms with Crippen molar-refractivity contribution in [1.29, 1.82) is 5.26 Å². The smallest absolute Gasteiger partial charge is 0.313 e. The number of hydrogen-bond acceptors (Lipinski definition) is 6. The van der Waals surface area contributed by atoms with Crippen LogP contribution >= 0.6 is 8.60 Å². The molecule has 1 unspecified atom stereocenters. The number of carbonyl (C=O) groups excluding carboxylic acids is 1. The summed E-state index contributed by atoms with van der Waals surface area (Å²) in [5.41, 5.74) is 1.04. The molecule has 3 aromatic rings. The van der Waals surface area contributed by atoms with Crippen LogP contribution in [0.5, 0.6) is 0 Å². The van der Waals surface area contributed by atoms with Crippen LogP contribution in [0, 0.1) is 17.1 Å². The molecule has 2 heterocycles. The van der Waals surface area contributed by atoms with Crippen molar-refractivity contribution in [3.63, 3.8) is 0 Å². The monoisotopic (exact) mass is 444 g/mol. The number of nitriles is 1. The van der Waals surface area contributed by atoms with E-state index < -0.39 is 26.4 Å². The van der Waals surface area contributed by atoms with Gasteiger partial charge in [-0.15, -0.1) is 0 Å². The van der Waals surface area contributed by atoms with Gasteiger partial charge < -0.3 is 13.4 Å². The van der Waals surface area contributed by atoms with Gasteiger partial charge in [0.05, 0.1) is 24.8 Å². The van der Waals surface area contributed by atoms with Crippen LogP contribution in [-0.4, -0.2) is 40.1 Å². The molecule has 8 nitrogen and oxygen atoms in total. The van der Waals surface area contributed by atoms with Gasteiger partial charge in [0, 0.05) is 18.6 Å². The summed E-state index contributed by atoms with van der Waals surface area (Å²) in [6, 6.07) is 9.87. The summed E-state index contributed by atoms with van der Waals surface area (Å²) in [7, 11) is -1.72. The second-order valence-corrected chi connectivity index (χ2v) is 7.48. The van der Waals surface area contributed by atoms with Crippen LogP contribution < -0.4 is 0 Å². The fourth-order valence-corrected chi connectivity index (χ4v) is 3.82. The van der Waals surface area contributed by atoms with Gasteiger partial charge in [-0.05, 0) is 43.7 Å². The van der Waals surface area contributed by atoms with Crippen LogP contribution in [-0.2, 0) is 13.6 Å². The maximum Gasteiger partial charge on any atom is 0.334 e. The number of fused-ring (bicyclic) bond motifs is 1. The summed E-state index contributed by atoms with van der Waals surface area (Å²) in [6.07, 6.45) is 5.05. The van der Waals surface area contributed by atoms with E-state index in [1.807, 2.05) is 0 Å². The SMILES string of the molecule is CCOP(OCC)OCN(C(=O)c1cccn2ccnc12)C(C#N)c1cccc(F)c1. The molecule has 0 saturated carbocycles. The molecule has 0 spiro atoms. The lowest BCUT2D eigenvalue weighted by Crippen LogP contribution is -2.36. The summed E-state index contributed by atoms with van der Waals surface area (Å²) in [5.74, 6) is -0.997. The molecule has 0 N–H and O–H groups in total. The average Bonchev–Trinajstić information content (AvgIpc) is 3.25. The lowest BCUT2D eigenvalue weighted by molar-refractivity contribution is 0.0466. The maximum atomic E-state index is 13.8. The van der Waals surface area contributed by atoms with Crippen molar-refractivity contribution in [3.05, 3.63) is 71.9 Å². The molecule has 162 valence electrons. The van der Waals surface area contributed by atoms with E-state index in [9.17, 15) is 14.4 Å². The molecule has 0 fully saturated rings. The number of rotatable bonds is 10. The first-order valence-electron chi connectivity index (χ1n) is 9.65. The number of benzene rings is 1. The zero-order valence-electron chi connectivity index (χ0n) is 17.1. The lowest BCUT2D eigenvalue weighted by Gasteiger charge is -2.28. The summed E-state index contributed by atoms with van der Waals surface area (Å²) >= 11 is 0. The predicted molar refractivity (Wildman–Crippen MR) is 112 cm³/mol. The molecule has 0 saturated heterocycles. The van der Waals surface area contributed by atoms with Gasteiger partial charge in [0.2, 0.25) is 0 Å². The minimum absolute atomic E-state index is 0.282. The Morgan fingerprint density at radius 3 is 2.68 bits per heavy atom. The highest BCUT2D eigenvalue weighted by Gasteiger charge is 2.30. The number of aromatic nitrogens is 2. The first kappa shape index (κ1) is 22.8. The Hall–Kier alpha value is -2.89. The van der Waals surface area contributed by atoms with E-state index in [0.29, 0.717) is 24.4 Å². The second-order valence-electron chi connectivity index (χ2n) is 6.26. The van der Waals surface area contributed by atoms with Gasteiger partial charge in [0.1, 0.15) is 24.2 Å². The third kappa shape index (κ3) is 5.43. The van der Waals surface area contributed by atoms with Gasteiger partial charge in [0.15, 0.2) is 0 Å². The van der Waals surface area contributed by atoms with E-state index in [4.69, 9.17) is 13.6 Å². The van der Waals surface area contributed by atoms with Crippen molar-refractivity contribution >= 4 is 20.2 Å². The Kier molecular flexibility index (Phi) is 8.04. The minimum Gasteiger partial charge on any atom is -0.313 e. The zero-order valence-corrected chi connectivity index (χ0v) is 18.0. The van der Waals surface area contributed by atoms with Gasteiger partial charge in [-0.25, -0.2) is 9.37 Å². The number of nitrogens with zero attached hydrogens (tertiary/aromatic N) is 4. The van der Waals surface area contributed by atoms with Gasteiger partial charge in [-0.2, -0.15) is 5.26 Å². The molecule has 0 aliphatic heterocycles. The van der Waals surface area contributed by atoms with E-state index in [1.54, 1.807) is 55.0 Å². The number of pyridine rings is 1. The Labute approximate surface area is 180 Å². The Morgan fingerprint density at radius 2 is 2.00 bits per heavy atom. The second kappa shape index (κ2) is 10.9. The highest BCUT2D eigenvalue weighted by Crippen LogP contribution is 2.40. The van der Waals surface area contributed by atoms with Crippen LogP contribution in [0.2, 0.25) is 0 Å². The first-order valence-corrected chi connectivity index (χ1v) is 10.7. The molecule has 3 rings (SSSR count). The van der Waals surface area contributed by atoms with Crippen LogP contribution in [0.4, 0.5) is 4.39 Å². The number of amides is 1. The van der Waals surface area contributed by atoms with Crippen molar-refractivity contribution < 1.29 is 22.8 Å². The van der Waals surface area contributed by atoms with Gasteiger partial charge in [0.25, 0.3) is 5.91 Å². The zero-order chi connectivity index (χ0) is 22.2. The fraction of sp³-hybridized carbons (Fsp3) is 0.286. The lowest BCUT2D eigenvalue weighted by atomic mass is 10.1. The predicted octanol–water partition coefficient (Wildman–Crippen LogP) is 4.45. The summed E-state index contributed by atoms with van der Waals surface area (Å²) < 4.78 is 32.1. The standard InChI is InChI=1S/C21H22FN4O4P/c1-3-28-31(29-4-2)30-15-26(19(14-23)16-7-5-8-17(22)13-16)21(27)18-9-6-11-25-12-10-24-20(18)25/h5-13,19H,3-4,15H2,1-2H3. The largest absolute Gasteiger partial charge is 0.334 e. The molecule has 0 bridgehead atoms. The Balaban J connectivity index is 1.97. The number of carbonyl (C=O) groups is 1. The molecular weight excluding hydrogens is 422 g/mol. The molecular formula is C21H22FN4O4P. The summed E-state index contributed by atoms with van der Waals surface area (Å²) in [4.78, 5) is 19.0. The highest BCUT2D eigenvalue weighted by atomic mass is 31.2. The fourth-order valence-electron chi connectivity index (χ4n) is 2.95. The van der Waals surface area contributed by atoms with E-state index in [1.165, 1.54) is 23.1 Å². The molecule has 31 heavy (non-hydrogen) atoms. The highest BCUT2D eigenvalue weighted by molar-refractivity contribution is 7.41. The molecule has 1 aromatic carbocycles. The van der Waals surface area contributed by atoms with E-state index >= 15 is 0 Å². The maximum absolute atomic E-state index is 13.8. The number of halogens is 1. The van der Waals surface area contributed by atoms with Crippen LogP contribution in [0.15, 0.2) is 55.0 Å². The van der Waals surface area contributed by atoms with Crippen molar-refractivity contribution in [2.24, 2.45) is 0 Å². The molecule has 0 aliphatic rings. The van der Waals surface area contributed by atoms with E-state index in [0.717, 1.165) is 0 Å². The van der Waals surface area contributed by atoms with E-state index in [2.05, 4.69) is 11.1 Å². The molecule has 1 atom stereocenters. The van der Waals surface area contributed by atoms with Crippen molar-refractivity contribution in [2.45, 2.75) is 19.9 Å². The molecule has 2 aromatic heterocycles. The molecule has 0 aliphatic carbocycles. The van der Waals surface area contributed by atoms with Gasteiger partial charge >= 0.3 is 8.60 Å². The molecule has 10 heteroatoms. The number of hydrogen-bond donors (Lipinski definition) is 0. The summed E-state index contributed by atoms with van der Waals surface area (Å²) in [6.45, 7) is 4.02. The topological polar surface area (TPSA) is 89.1 Å². The molecule has 1 amide bonds. The number of imidazole rings is 1. The van der Waals surface area contributed by atoms with E-state index in [-0.39, 0.29) is 12.3 Å². The van der Waals surface area contributed by atoms with Gasteiger partial charge in [-0.1, -0.05) is 12.1 Å². The van der Waals surface area contributed by atoms with Crippen molar-refractivity contribution in [3.8, 4) is 6.07 Å². The Bertz CT molecular complexity index is 1060. The van der Waals surface area contributed by atoms with Crippen molar-refractivity contribution in [1.82, 2.24) is 14.3 Å². The average molecular weight is 444 g/mol. The van der Waals surface area contributed by atoms with Gasteiger partial charge in [-0.3, -0.25) is 14.2 Å². The van der Waals surface area contributed by atoms with Crippen LogP contribution in [0.3, 0.4) is 0 Å². The normalized spacial score (nSPS) is 12.1. The summed E-state index contributed by atoms with van der Waals surface area (Å²) in [5, 5.41) is 9.88. The quantitative estimate of drug-likeness (QED) is 0.339. The molecule has 0 radical (unpaired) electrons. The Morgan fingerprint density at radius 1 is 1.23 bits per heavy atom. The minimum atomic E-state index is -1.72. The first-order chi connectivity index (χ1) is 15.1. The third-order valence-corrected chi connectivity index (χ3v) is 5.54. The third-order valence-electron chi connectivity index (χ3n) is 4.28. The van der Waals surface area contributed by atoms with Crippen LogP contribution in [0.1, 0.15) is 35.8 Å².